The van der Waals surface area contributed by atoms with Crippen molar-refractivity contribution in [3.8, 4) is 0 Å². The molecule has 3 rings (SSSR count). The van der Waals surface area contributed by atoms with Crippen LogP contribution in [-0.4, -0.2) is 60.6 Å². The lowest BCUT2D eigenvalue weighted by Gasteiger charge is -2.13. The van der Waals surface area contributed by atoms with E-state index in [-0.39, 0.29) is 0 Å². The maximum absolute atomic E-state index is 9.55. The molecule has 106 valence electrons. The van der Waals surface area contributed by atoms with E-state index in [4.69, 9.17) is 0 Å². The first-order chi connectivity index (χ1) is 9.72. The lowest BCUT2D eigenvalue weighted by molar-refractivity contribution is 0.0572. The van der Waals surface area contributed by atoms with Crippen LogP contribution in [0.25, 0.3) is 0 Å². The minimum atomic E-state index is -0.687. The Balaban J connectivity index is 1.68. The van der Waals surface area contributed by atoms with Gasteiger partial charge in [-0.15, -0.1) is 5.10 Å². The van der Waals surface area contributed by atoms with Crippen molar-refractivity contribution in [1.82, 2.24) is 25.1 Å². The number of aliphatic hydroxyl groups excluding tert-OH is 2. The van der Waals surface area contributed by atoms with Crippen molar-refractivity contribution in [3.63, 3.8) is 0 Å². The zero-order valence-electron chi connectivity index (χ0n) is 11.0. The second-order valence-electron chi connectivity index (χ2n) is 5.07. The molecule has 0 amide bonds. The molecule has 2 atom stereocenters. The summed E-state index contributed by atoms with van der Waals surface area (Å²) in [7, 11) is 0. The summed E-state index contributed by atoms with van der Waals surface area (Å²) in [5, 5.41) is 30.8. The van der Waals surface area contributed by atoms with Gasteiger partial charge in [-0.05, 0) is 16.0 Å². The number of hydrogen-bond acceptors (Lipinski definition) is 6. The molecule has 0 spiro atoms. The van der Waals surface area contributed by atoms with E-state index in [9.17, 15) is 10.2 Å². The van der Waals surface area contributed by atoms with Crippen LogP contribution in [0.1, 0.15) is 11.4 Å². The molecule has 0 saturated carbocycles. The van der Waals surface area contributed by atoms with Crippen LogP contribution < -0.4 is 0 Å². The second-order valence-corrected chi connectivity index (χ2v) is 5.07. The SMILES string of the molecule is O[C@@H]1CN(Cc2nnnn2Cc2ccccc2)C[C@@H]1O. The lowest BCUT2D eigenvalue weighted by atomic mass is 10.2. The normalized spacial score (nSPS) is 23.3. The quantitative estimate of drug-likeness (QED) is 0.764. The highest BCUT2D eigenvalue weighted by molar-refractivity contribution is 5.14. The highest BCUT2D eigenvalue weighted by Crippen LogP contribution is 2.13. The smallest absolute Gasteiger partial charge is 0.165 e. The Morgan fingerprint density at radius 2 is 1.75 bits per heavy atom. The third-order valence-electron chi connectivity index (χ3n) is 3.48. The molecule has 0 radical (unpaired) electrons. The van der Waals surface area contributed by atoms with E-state index in [0.717, 1.165) is 11.4 Å². The lowest BCUT2D eigenvalue weighted by Crippen LogP contribution is -2.24. The Morgan fingerprint density at radius 1 is 1.05 bits per heavy atom. The molecule has 1 fully saturated rings. The van der Waals surface area contributed by atoms with Gasteiger partial charge in [0.25, 0.3) is 0 Å². The van der Waals surface area contributed by atoms with E-state index in [1.54, 1.807) is 4.68 Å². The predicted octanol–water partition coefficient (Wildman–Crippen LogP) is -0.741. The maximum Gasteiger partial charge on any atom is 0.165 e. The third kappa shape index (κ3) is 2.84. The summed E-state index contributed by atoms with van der Waals surface area (Å²) in [4.78, 5) is 1.95. The molecule has 0 aliphatic carbocycles. The first kappa shape index (κ1) is 13.2. The molecule has 1 aliphatic rings. The van der Waals surface area contributed by atoms with Gasteiger partial charge in [0.2, 0.25) is 0 Å². The van der Waals surface area contributed by atoms with Crippen LogP contribution in [0.2, 0.25) is 0 Å². The van der Waals surface area contributed by atoms with Crippen LogP contribution in [0.4, 0.5) is 0 Å². The van der Waals surface area contributed by atoms with Crippen LogP contribution >= 0.6 is 0 Å². The molecule has 0 unspecified atom stereocenters. The van der Waals surface area contributed by atoms with E-state index >= 15 is 0 Å². The zero-order valence-corrected chi connectivity index (χ0v) is 11.0. The number of aliphatic hydroxyl groups is 2. The van der Waals surface area contributed by atoms with Crippen molar-refractivity contribution < 1.29 is 10.2 Å². The molecule has 1 aromatic carbocycles. The number of hydrogen-bond donors (Lipinski definition) is 2. The first-order valence-electron chi connectivity index (χ1n) is 6.60. The Hall–Kier alpha value is -1.83. The van der Waals surface area contributed by atoms with Crippen molar-refractivity contribution in [3.05, 3.63) is 41.7 Å². The van der Waals surface area contributed by atoms with Gasteiger partial charge in [0.05, 0.1) is 25.3 Å². The van der Waals surface area contributed by atoms with Gasteiger partial charge in [-0.1, -0.05) is 30.3 Å². The van der Waals surface area contributed by atoms with Crippen molar-refractivity contribution in [2.75, 3.05) is 13.1 Å². The summed E-state index contributed by atoms with van der Waals surface area (Å²) in [6.45, 7) is 2.02. The largest absolute Gasteiger partial charge is 0.389 e. The van der Waals surface area contributed by atoms with Crippen LogP contribution in [0, 0.1) is 0 Å². The number of nitrogens with zero attached hydrogens (tertiary/aromatic N) is 5. The molecule has 1 aromatic heterocycles. The van der Waals surface area contributed by atoms with Gasteiger partial charge < -0.3 is 10.2 Å². The summed E-state index contributed by atoms with van der Waals surface area (Å²) < 4.78 is 1.74. The average molecular weight is 275 g/mol. The van der Waals surface area contributed by atoms with Crippen molar-refractivity contribution >= 4 is 0 Å². The maximum atomic E-state index is 9.55. The Bertz CT molecular complexity index is 549. The summed E-state index contributed by atoms with van der Waals surface area (Å²) in [6, 6.07) is 9.97. The van der Waals surface area contributed by atoms with E-state index in [0.29, 0.717) is 26.2 Å². The zero-order chi connectivity index (χ0) is 13.9. The van der Waals surface area contributed by atoms with Crippen LogP contribution in [0.5, 0.6) is 0 Å². The van der Waals surface area contributed by atoms with Crippen LogP contribution in [0.3, 0.4) is 0 Å². The van der Waals surface area contributed by atoms with Crippen molar-refractivity contribution in [2.24, 2.45) is 0 Å². The first-order valence-corrected chi connectivity index (χ1v) is 6.60. The standard InChI is InChI=1S/C13H17N5O2/c19-11-7-17(8-12(11)20)9-13-14-15-16-18(13)6-10-4-2-1-3-5-10/h1-5,11-12,19-20H,6-9H2/t11-,12+. The van der Waals surface area contributed by atoms with Gasteiger partial charge in [-0.25, -0.2) is 4.68 Å². The topological polar surface area (TPSA) is 87.3 Å². The van der Waals surface area contributed by atoms with Gasteiger partial charge in [-0.3, -0.25) is 4.90 Å². The molecule has 2 aromatic rings. The number of benzene rings is 1. The fourth-order valence-corrected chi connectivity index (χ4v) is 2.39. The molecule has 20 heavy (non-hydrogen) atoms. The molecule has 2 heterocycles. The summed E-state index contributed by atoms with van der Waals surface area (Å²) in [6.07, 6.45) is -1.37. The fraction of sp³-hybridized carbons (Fsp3) is 0.462. The minimum Gasteiger partial charge on any atom is -0.389 e. The highest BCUT2D eigenvalue weighted by Gasteiger charge is 2.30. The number of aromatic nitrogens is 4. The second kappa shape index (κ2) is 5.66. The highest BCUT2D eigenvalue weighted by atomic mass is 16.3. The monoisotopic (exact) mass is 275 g/mol. The fourth-order valence-electron chi connectivity index (χ4n) is 2.39. The van der Waals surface area contributed by atoms with Crippen molar-refractivity contribution in [1.29, 1.82) is 0 Å². The van der Waals surface area contributed by atoms with Gasteiger partial charge in [0, 0.05) is 13.1 Å². The van der Waals surface area contributed by atoms with Gasteiger partial charge >= 0.3 is 0 Å². The van der Waals surface area contributed by atoms with Crippen molar-refractivity contribution in [2.45, 2.75) is 25.3 Å². The molecule has 1 saturated heterocycles. The van der Waals surface area contributed by atoms with Gasteiger partial charge in [0.15, 0.2) is 5.82 Å². The van der Waals surface area contributed by atoms with Gasteiger partial charge in [0.1, 0.15) is 0 Å². The number of tetrazole rings is 1. The molecule has 1 aliphatic heterocycles. The predicted molar refractivity (Wildman–Crippen MR) is 70.7 cm³/mol. The number of β-amino-alcohol motifs (C(OH)–C–C–N with tert-alkyl or cyclic N) is 2. The molecular formula is C13H17N5O2. The molecule has 7 heteroatoms. The third-order valence-corrected chi connectivity index (χ3v) is 3.48. The average Bonchev–Trinajstić information content (AvgIpc) is 2.99. The number of likely N-dealkylation sites (tertiary alicyclic amines) is 1. The van der Waals surface area contributed by atoms with Crippen LogP contribution in [-0.2, 0) is 13.1 Å². The molecule has 7 nitrogen and oxygen atoms in total. The Kier molecular flexibility index (Phi) is 3.72. The number of rotatable bonds is 4. The minimum absolute atomic E-state index is 0.444. The summed E-state index contributed by atoms with van der Waals surface area (Å²) >= 11 is 0. The molecule has 0 bridgehead atoms. The molecular weight excluding hydrogens is 258 g/mol. The summed E-state index contributed by atoms with van der Waals surface area (Å²) in [5.74, 6) is 0.732. The van der Waals surface area contributed by atoms with Crippen LogP contribution in [0.15, 0.2) is 30.3 Å². The van der Waals surface area contributed by atoms with Gasteiger partial charge in [-0.2, -0.15) is 0 Å². The van der Waals surface area contributed by atoms with E-state index < -0.39 is 12.2 Å². The molecule has 2 N–H and O–H groups in total. The Morgan fingerprint density at radius 3 is 2.45 bits per heavy atom. The van der Waals surface area contributed by atoms with E-state index in [2.05, 4.69) is 15.5 Å². The summed E-state index contributed by atoms with van der Waals surface area (Å²) in [5.41, 5.74) is 1.13. The van der Waals surface area contributed by atoms with E-state index in [1.165, 1.54) is 0 Å². The Labute approximate surface area is 116 Å². The van der Waals surface area contributed by atoms with E-state index in [1.807, 2.05) is 35.2 Å².